The fourth-order valence-corrected chi connectivity index (χ4v) is 4.84. The van der Waals surface area contributed by atoms with E-state index in [1.807, 2.05) is 12.1 Å². The average molecular weight is 451 g/mol. The van der Waals surface area contributed by atoms with Gasteiger partial charge in [0.05, 0.1) is 16.6 Å². The molecule has 0 aliphatic rings. The molecule has 0 bridgehead atoms. The molecule has 0 radical (unpaired) electrons. The van der Waals surface area contributed by atoms with Crippen molar-refractivity contribution in [3.05, 3.63) is 97.3 Å². The maximum atomic E-state index is 11.7. The number of primary sulfonamides is 1. The van der Waals surface area contributed by atoms with E-state index in [9.17, 15) is 8.42 Å². The molecule has 0 saturated carbocycles. The monoisotopic (exact) mass is 450 g/mol. The Balaban J connectivity index is 1.59. The molecule has 6 aromatic rings. The highest BCUT2D eigenvalue weighted by Gasteiger charge is 2.16. The Morgan fingerprint density at radius 3 is 2.36 bits per heavy atom. The van der Waals surface area contributed by atoms with Gasteiger partial charge in [0, 0.05) is 17.4 Å². The van der Waals surface area contributed by atoms with Crippen molar-refractivity contribution in [2.24, 2.45) is 5.14 Å². The number of nitrogens with two attached hydrogens (primary N) is 1. The Labute approximate surface area is 190 Å². The summed E-state index contributed by atoms with van der Waals surface area (Å²) in [5.41, 5.74) is 3.39. The predicted molar refractivity (Wildman–Crippen MR) is 131 cm³/mol. The summed E-state index contributed by atoms with van der Waals surface area (Å²) >= 11 is 0. The van der Waals surface area contributed by atoms with E-state index in [-0.39, 0.29) is 4.90 Å². The van der Waals surface area contributed by atoms with Crippen LogP contribution in [0.3, 0.4) is 0 Å². The fourth-order valence-electron chi connectivity index (χ4n) is 4.32. The minimum Gasteiger partial charge on any atom is -0.292 e. The summed E-state index contributed by atoms with van der Waals surface area (Å²) in [6.45, 7) is 0. The van der Waals surface area contributed by atoms with Crippen LogP contribution in [0, 0.1) is 0 Å². The minimum atomic E-state index is -3.77. The molecule has 2 N–H and O–H groups in total. The second-order valence-corrected chi connectivity index (χ2v) is 9.46. The van der Waals surface area contributed by atoms with Crippen molar-refractivity contribution in [2.45, 2.75) is 4.90 Å². The number of sulfonamides is 1. The van der Waals surface area contributed by atoms with E-state index >= 15 is 0 Å². The molecule has 0 fully saturated rings. The quantitative estimate of drug-likeness (QED) is 0.382. The zero-order valence-electron chi connectivity index (χ0n) is 17.4. The molecule has 0 aliphatic heterocycles. The number of fused-ring (bicyclic) bond motifs is 4. The molecule has 0 unspecified atom stereocenters. The van der Waals surface area contributed by atoms with Gasteiger partial charge in [-0.05, 0) is 64.0 Å². The number of imidazole rings is 1. The first-order valence-electron chi connectivity index (χ1n) is 10.4. The van der Waals surface area contributed by atoms with Crippen LogP contribution in [0.5, 0.6) is 0 Å². The molecular weight excluding hydrogens is 432 g/mol. The number of rotatable bonds is 3. The van der Waals surface area contributed by atoms with E-state index in [0.717, 1.165) is 27.7 Å². The molecule has 0 amide bonds. The lowest BCUT2D eigenvalue weighted by Gasteiger charge is -2.12. The van der Waals surface area contributed by atoms with Gasteiger partial charge in [-0.15, -0.1) is 0 Å². The molecule has 2 aromatic heterocycles. The Morgan fingerprint density at radius 2 is 1.55 bits per heavy atom. The summed E-state index contributed by atoms with van der Waals surface area (Å²) in [4.78, 5) is 9.08. The first-order valence-corrected chi connectivity index (χ1v) is 11.9. The number of aromatic nitrogens is 3. The number of pyridine rings is 1. The first kappa shape index (κ1) is 19.6. The zero-order valence-corrected chi connectivity index (χ0v) is 18.2. The average Bonchev–Trinajstić information content (AvgIpc) is 3.23. The smallest absolute Gasteiger partial charge is 0.238 e. The van der Waals surface area contributed by atoms with Crippen molar-refractivity contribution in [1.29, 1.82) is 0 Å². The van der Waals surface area contributed by atoms with Crippen LogP contribution in [0.4, 0.5) is 0 Å². The van der Waals surface area contributed by atoms with Crippen molar-refractivity contribution >= 4 is 42.6 Å². The summed E-state index contributed by atoms with van der Waals surface area (Å²) in [5.74, 6) is 0.694. The van der Waals surface area contributed by atoms with E-state index < -0.39 is 10.0 Å². The van der Waals surface area contributed by atoms with E-state index in [1.165, 1.54) is 28.3 Å². The Kier molecular flexibility index (Phi) is 4.29. The molecule has 0 aliphatic carbocycles. The molecule has 0 atom stereocenters. The summed E-state index contributed by atoms with van der Waals surface area (Å²) in [7, 11) is -3.77. The van der Waals surface area contributed by atoms with Gasteiger partial charge >= 0.3 is 0 Å². The molecule has 4 aromatic carbocycles. The van der Waals surface area contributed by atoms with Crippen LogP contribution in [-0.2, 0) is 10.0 Å². The molecule has 6 nitrogen and oxygen atoms in total. The van der Waals surface area contributed by atoms with Crippen LogP contribution in [0.2, 0.25) is 0 Å². The van der Waals surface area contributed by atoms with E-state index in [0.29, 0.717) is 5.82 Å². The predicted octanol–water partition coefficient (Wildman–Crippen LogP) is 5.04. The van der Waals surface area contributed by atoms with Crippen molar-refractivity contribution in [3.63, 3.8) is 0 Å². The number of nitrogens with zero attached hydrogens (tertiary/aromatic N) is 3. The van der Waals surface area contributed by atoms with Gasteiger partial charge in [-0.25, -0.2) is 18.5 Å². The Bertz CT molecular complexity index is 1790. The fraction of sp³-hybridized carbons (Fsp3) is 0. The molecule has 2 heterocycles. The van der Waals surface area contributed by atoms with Crippen LogP contribution in [0.25, 0.3) is 49.7 Å². The van der Waals surface area contributed by atoms with Gasteiger partial charge in [-0.3, -0.25) is 9.55 Å². The van der Waals surface area contributed by atoms with Crippen LogP contribution in [-0.4, -0.2) is 23.0 Å². The molecule has 33 heavy (non-hydrogen) atoms. The SMILES string of the molecule is NS(=O)(=O)c1ccc(-c2nc3cnccc3n2-c2ccc3c(ccc4ccccc43)c2)cc1. The van der Waals surface area contributed by atoms with Gasteiger partial charge in [0.25, 0.3) is 0 Å². The number of benzene rings is 4. The lowest BCUT2D eigenvalue weighted by atomic mass is 10.0. The van der Waals surface area contributed by atoms with Crippen LogP contribution in [0.1, 0.15) is 0 Å². The van der Waals surface area contributed by atoms with E-state index in [2.05, 4.69) is 58.1 Å². The topological polar surface area (TPSA) is 90.9 Å². The molecular formula is C26H18N4O2S. The molecule has 0 spiro atoms. The minimum absolute atomic E-state index is 0.0631. The van der Waals surface area contributed by atoms with Gasteiger partial charge in [0.15, 0.2) is 0 Å². The normalized spacial score (nSPS) is 12.0. The Morgan fingerprint density at radius 1 is 0.788 bits per heavy atom. The van der Waals surface area contributed by atoms with E-state index in [1.54, 1.807) is 24.5 Å². The van der Waals surface area contributed by atoms with Gasteiger partial charge in [-0.2, -0.15) is 0 Å². The van der Waals surface area contributed by atoms with Gasteiger partial charge in [0.1, 0.15) is 11.3 Å². The molecule has 6 rings (SSSR count). The summed E-state index contributed by atoms with van der Waals surface area (Å²) in [6, 6.07) is 27.3. The molecule has 0 saturated heterocycles. The largest absolute Gasteiger partial charge is 0.292 e. The number of hydrogen-bond donors (Lipinski definition) is 1. The van der Waals surface area contributed by atoms with Crippen LogP contribution < -0.4 is 5.14 Å². The van der Waals surface area contributed by atoms with Crippen LogP contribution >= 0.6 is 0 Å². The van der Waals surface area contributed by atoms with Gasteiger partial charge < -0.3 is 0 Å². The lowest BCUT2D eigenvalue weighted by molar-refractivity contribution is 0.598. The van der Waals surface area contributed by atoms with Gasteiger partial charge in [0.2, 0.25) is 10.0 Å². The summed E-state index contributed by atoms with van der Waals surface area (Å²) in [6.07, 6.45) is 3.46. The highest BCUT2D eigenvalue weighted by Crippen LogP contribution is 2.32. The summed E-state index contributed by atoms with van der Waals surface area (Å²) in [5, 5.41) is 9.98. The maximum Gasteiger partial charge on any atom is 0.238 e. The standard InChI is InChI=1S/C26H18N4O2S/c27-33(31,32)21-10-7-18(8-11-21)26-29-24-16-28-14-13-25(24)30(26)20-9-12-23-19(15-20)6-5-17-3-1-2-4-22(17)23/h1-16H,(H2,27,31,32). The van der Waals surface area contributed by atoms with E-state index in [4.69, 9.17) is 10.1 Å². The van der Waals surface area contributed by atoms with Gasteiger partial charge in [-0.1, -0.05) is 42.5 Å². The molecule has 160 valence electrons. The third-order valence-corrected chi connectivity index (χ3v) is 6.81. The lowest BCUT2D eigenvalue weighted by Crippen LogP contribution is -2.11. The second-order valence-electron chi connectivity index (χ2n) is 7.90. The highest BCUT2D eigenvalue weighted by molar-refractivity contribution is 7.89. The van der Waals surface area contributed by atoms with Crippen molar-refractivity contribution in [3.8, 4) is 17.1 Å². The van der Waals surface area contributed by atoms with Crippen molar-refractivity contribution in [2.75, 3.05) is 0 Å². The third-order valence-electron chi connectivity index (χ3n) is 5.88. The van der Waals surface area contributed by atoms with Crippen LogP contribution in [0.15, 0.2) is 102 Å². The summed E-state index contributed by atoms with van der Waals surface area (Å²) < 4.78 is 25.4. The third kappa shape index (κ3) is 3.26. The number of hydrogen-bond acceptors (Lipinski definition) is 4. The van der Waals surface area contributed by atoms with Crippen molar-refractivity contribution < 1.29 is 8.42 Å². The second kappa shape index (κ2) is 7.23. The van der Waals surface area contributed by atoms with Crippen molar-refractivity contribution in [1.82, 2.24) is 14.5 Å². The Hall–Kier alpha value is -4.07. The highest BCUT2D eigenvalue weighted by atomic mass is 32.2. The maximum absolute atomic E-state index is 11.7. The zero-order chi connectivity index (χ0) is 22.6. The first-order chi connectivity index (χ1) is 16.0. The molecule has 7 heteroatoms.